The number of rotatable bonds is 5. The van der Waals surface area contributed by atoms with Gasteiger partial charge < -0.3 is 4.74 Å². The lowest BCUT2D eigenvalue weighted by Gasteiger charge is -2.28. The maximum Gasteiger partial charge on any atom is 0.416 e. The van der Waals surface area contributed by atoms with Gasteiger partial charge in [0.05, 0.1) is 29.6 Å². The first-order valence-corrected chi connectivity index (χ1v) is 10.5. The van der Waals surface area contributed by atoms with Crippen molar-refractivity contribution in [2.75, 3.05) is 7.11 Å². The Morgan fingerprint density at radius 1 is 1.12 bits per heavy atom. The Kier molecular flexibility index (Phi) is 6.07. The summed E-state index contributed by atoms with van der Waals surface area (Å²) in [5.74, 6) is -1.09. The van der Waals surface area contributed by atoms with Crippen molar-refractivity contribution in [3.05, 3.63) is 88.6 Å². The standard InChI is InChI=1S/C24H18ClF4N3O2/c1-23(22(33)34-2,11-14-4-3-5-17(26)10-14)20-19(25)13-30-21-18(12-31-32(20)21)15-6-8-16(9-7-15)24(27,28)29/h3-10,12-13H,11H2,1-2H3/t23-/m1/s1. The van der Waals surface area contributed by atoms with E-state index in [2.05, 4.69) is 10.1 Å². The van der Waals surface area contributed by atoms with Gasteiger partial charge in [-0.25, -0.2) is 13.9 Å². The molecule has 0 spiro atoms. The molecule has 0 aliphatic carbocycles. The predicted octanol–water partition coefficient (Wildman–Crippen LogP) is 5.88. The molecule has 0 aliphatic heterocycles. The summed E-state index contributed by atoms with van der Waals surface area (Å²) in [7, 11) is 1.23. The third-order valence-corrected chi connectivity index (χ3v) is 5.89. The summed E-state index contributed by atoms with van der Waals surface area (Å²) in [6, 6.07) is 10.4. The van der Waals surface area contributed by atoms with E-state index in [0.717, 1.165) is 12.1 Å². The minimum Gasteiger partial charge on any atom is -0.468 e. The van der Waals surface area contributed by atoms with E-state index in [0.29, 0.717) is 16.7 Å². The van der Waals surface area contributed by atoms with Crippen molar-refractivity contribution in [1.82, 2.24) is 14.6 Å². The fourth-order valence-electron chi connectivity index (χ4n) is 3.98. The third-order valence-electron chi connectivity index (χ3n) is 5.61. The molecule has 0 radical (unpaired) electrons. The van der Waals surface area contributed by atoms with Crippen molar-refractivity contribution in [3.8, 4) is 11.1 Å². The SMILES string of the molecule is COC(=O)[C@](C)(Cc1cccc(F)c1)c1c(Cl)cnc2c(-c3ccc(C(F)(F)F)cc3)cnn12. The summed E-state index contributed by atoms with van der Waals surface area (Å²) in [5, 5.41) is 4.46. The smallest absolute Gasteiger partial charge is 0.416 e. The summed E-state index contributed by atoms with van der Waals surface area (Å²) in [5.41, 5.74) is -0.188. The molecule has 0 fully saturated rings. The molecule has 2 aromatic heterocycles. The van der Waals surface area contributed by atoms with Crippen LogP contribution >= 0.6 is 11.6 Å². The molecule has 0 saturated heterocycles. The molecule has 0 saturated carbocycles. The van der Waals surface area contributed by atoms with Crippen LogP contribution in [0.1, 0.15) is 23.7 Å². The summed E-state index contributed by atoms with van der Waals surface area (Å²) in [4.78, 5) is 17.3. The van der Waals surface area contributed by atoms with Gasteiger partial charge in [0.2, 0.25) is 0 Å². The van der Waals surface area contributed by atoms with E-state index in [1.807, 2.05) is 0 Å². The Balaban J connectivity index is 1.87. The molecular formula is C24H18ClF4N3O2. The number of carbonyl (C=O) groups excluding carboxylic acids is 1. The topological polar surface area (TPSA) is 56.5 Å². The fourth-order valence-corrected chi connectivity index (χ4v) is 4.32. The number of hydrogen-bond donors (Lipinski definition) is 0. The lowest BCUT2D eigenvalue weighted by molar-refractivity contribution is -0.147. The Morgan fingerprint density at radius 2 is 1.82 bits per heavy atom. The second-order valence-electron chi connectivity index (χ2n) is 7.95. The molecule has 0 N–H and O–H groups in total. The molecule has 176 valence electrons. The van der Waals surface area contributed by atoms with Gasteiger partial charge in [-0.15, -0.1) is 0 Å². The van der Waals surface area contributed by atoms with Gasteiger partial charge in [-0.3, -0.25) is 4.79 Å². The second kappa shape index (κ2) is 8.72. The zero-order valence-electron chi connectivity index (χ0n) is 18.0. The van der Waals surface area contributed by atoms with E-state index in [9.17, 15) is 22.4 Å². The number of hydrogen-bond acceptors (Lipinski definition) is 4. The minimum absolute atomic E-state index is 0.0474. The van der Waals surface area contributed by atoms with Gasteiger partial charge in [-0.1, -0.05) is 35.9 Å². The molecule has 0 unspecified atom stereocenters. The van der Waals surface area contributed by atoms with Gasteiger partial charge in [-0.2, -0.15) is 18.3 Å². The first kappa shape index (κ1) is 23.7. The molecule has 5 nitrogen and oxygen atoms in total. The molecular weight excluding hydrogens is 474 g/mol. The third kappa shape index (κ3) is 4.23. The van der Waals surface area contributed by atoms with Crippen LogP contribution in [0.2, 0.25) is 5.02 Å². The number of esters is 1. The first-order valence-electron chi connectivity index (χ1n) is 10.1. The monoisotopic (exact) mass is 491 g/mol. The molecule has 1 atom stereocenters. The van der Waals surface area contributed by atoms with Crippen LogP contribution in [0.15, 0.2) is 60.9 Å². The lowest BCUT2D eigenvalue weighted by atomic mass is 9.80. The quantitative estimate of drug-likeness (QED) is 0.258. The molecule has 0 bridgehead atoms. The highest BCUT2D eigenvalue weighted by molar-refractivity contribution is 6.31. The van der Waals surface area contributed by atoms with Gasteiger partial charge in [0.15, 0.2) is 5.65 Å². The zero-order chi connectivity index (χ0) is 24.7. The van der Waals surface area contributed by atoms with E-state index >= 15 is 0 Å². The summed E-state index contributed by atoms with van der Waals surface area (Å²) < 4.78 is 59.1. The Hall–Kier alpha value is -3.46. The van der Waals surface area contributed by atoms with Crippen LogP contribution in [-0.2, 0) is 27.5 Å². The van der Waals surface area contributed by atoms with Crippen LogP contribution in [0.25, 0.3) is 16.8 Å². The van der Waals surface area contributed by atoms with E-state index in [1.54, 1.807) is 13.0 Å². The molecule has 0 amide bonds. The number of aromatic nitrogens is 3. The summed E-state index contributed by atoms with van der Waals surface area (Å²) in [6.45, 7) is 1.60. The van der Waals surface area contributed by atoms with Crippen molar-refractivity contribution in [2.24, 2.45) is 0 Å². The van der Waals surface area contributed by atoms with Crippen molar-refractivity contribution in [2.45, 2.75) is 24.9 Å². The minimum atomic E-state index is -4.46. The first-order chi connectivity index (χ1) is 16.0. The maximum absolute atomic E-state index is 13.8. The molecule has 34 heavy (non-hydrogen) atoms. The van der Waals surface area contributed by atoms with Crippen LogP contribution in [0.3, 0.4) is 0 Å². The number of benzene rings is 2. The average molecular weight is 492 g/mol. The maximum atomic E-state index is 13.8. The van der Waals surface area contributed by atoms with E-state index in [1.165, 1.54) is 54.4 Å². The highest BCUT2D eigenvalue weighted by Gasteiger charge is 2.41. The number of ether oxygens (including phenoxy) is 1. The number of halogens is 5. The van der Waals surface area contributed by atoms with Crippen molar-refractivity contribution >= 4 is 23.2 Å². The summed E-state index contributed by atoms with van der Waals surface area (Å²) >= 11 is 6.48. The summed E-state index contributed by atoms with van der Waals surface area (Å²) in [6.07, 6.45) is -1.64. The van der Waals surface area contributed by atoms with Gasteiger partial charge in [-0.05, 0) is 48.7 Å². The van der Waals surface area contributed by atoms with Gasteiger partial charge >= 0.3 is 12.1 Å². The zero-order valence-corrected chi connectivity index (χ0v) is 18.8. The second-order valence-corrected chi connectivity index (χ2v) is 8.36. The molecule has 4 aromatic rings. The number of carbonyl (C=O) groups is 1. The Morgan fingerprint density at radius 3 is 2.44 bits per heavy atom. The predicted molar refractivity (Wildman–Crippen MR) is 118 cm³/mol. The Labute approximate surface area is 197 Å². The van der Waals surface area contributed by atoms with Crippen LogP contribution in [0.4, 0.5) is 17.6 Å². The Bertz CT molecular complexity index is 1370. The molecule has 2 heterocycles. The highest BCUT2D eigenvalue weighted by atomic mass is 35.5. The highest BCUT2D eigenvalue weighted by Crippen LogP contribution is 2.37. The van der Waals surface area contributed by atoms with Crippen LogP contribution in [0, 0.1) is 5.82 Å². The van der Waals surface area contributed by atoms with E-state index < -0.39 is 28.9 Å². The van der Waals surface area contributed by atoms with Gasteiger partial charge in [0, 0.05) is 11.8 Å². The normalized spacial score (nSPS) is 13.6. The largest absolute Gasteiger partial charge is 0.468 e. The van der Waals surface area contributed by atoms with Crippen LogP contribution in [0.5, 0.6) is 0 Å². The van der Waals surface area contributed by atoms with Crippen molar-refractivity contribution in [3.63, 3.8) is 0 Å². The van der Waals surface area contributed by atoms with E-state index in [4.69, 9.17) is 16.3 Å². The number of alkyl halides is 3. The molecule has 2 aromatic carbocycles. The van der Waals surface area contributed by atoms with Gasteiger partial charge in [0.1, 0.15) is 11.2 Å². The van der Waals surface area contributed by atoms with E-state index in [-0.39, 0.29) is 22.8 Å². The van der Waals surface area contributed by atoms with Crippen LogP contribution in [-0.4, -0.2) is 27.7 Å². The number of nitrogens with zero attached hydrogens (tertiary/aromatic N) is 3. The van der Waals surface area contributed by atoms with Crippen molar-refractivity contribution in [1.29, 1.82) is 0 Å². The molecule has 4 rings (SSSR count). The van der Waals surface area contributed by atoms with Crippen LogP contribution < -0.4 is 0 Å². The molecule has 10 heteroatoms. The van der Waals surface area contributed by atoms with Crippen molar-refractivity contribution < 1.29 is 27.1 Å². The average Bonchev–Trinajstić information content (AvgIpc) is 3.21. The van der Waals surface area contributed by atoms with Gasteiger partial charge in [0.25, 0.3) is 0 Å². The lowest BCUT2D eigenvalue weighted by Crippen LogP contribution is -2.38. The number of methoxy groups -OCH3 is 1. The fraction of sp³-hybridized carbons (Fsp3) is 0.208. The molecule has 0 aliphatic rings. The number of fused-ring (bicyclic) bond motifs is 1.